The Morgan fingerprint density at radius 2 is 1.23 bits per heavy atom. The fourth-order valence-corrected chi connectivity index (χ4v) is 3.69. The third-order valence-electron chi connectivity index (χ3n) is 5.16. The van der Waals surface area contributed by atoms with Crippen LogP contribution in [0.4, 0.5) is 0 Å². The van der Waals surface area contributed by atoms with Crippen molar-refractivity contribution >= 4 is 11.8 Å². The van der Waals surface area contributed by atoms with E-state index in [4.69, 9.17) is 0 Å². The summed E-state index contributed by atoms with van der Waals surface area (Å²) >= 11 is 0. The molecule has 5 nitrogen and oxygen atoms in total. The van der Waals surface area contributed by atoms with Crippen molar-refractivity contribution in [2.75, 3.05) is 26.2 Å². The van der Waals surface area contributed by atoms with Crippen LogP contribution in [-0.4, -0.2) is 59.9 Å². The summed E-state index contributed by atoms with van der Waals surface area (Å²) in [7, 11) is 0. The summed E-state index contributed by atoms with van der Waals surface area (Å²) in [6.07, 6.45) is 0.960. The zero-order chi connectivity index (χ0) is 17.9. The fraction of sp³-hybridized carbons (Fsp3) is 0.333. The lowest BCUT2D eigenvalue weighted by Crippen LogP contribution is -2.62. The second kappa shape index (κ2) is 7.30. The minimum absolute atomic E-state index is 0.0935. The number of hydrogen-bond acceptors (Lipinski definition) is 3. The Balaban J connectivity index is 1.24. The lowest BCUT2D eigenvalue weighted by molar-refractivity contribution is 0.0552. The van der Waals surface area contributed by atoms with Gasteiger partial charge in [-0.15, -0.1) is 0 Å². The Morgan fingerprint density at radius 3 is 1.81 bits per heavy atom. The van der Waals surface area contributed by atoms with E-state index >= 15 is 0 Å². The molecule has 2 heterocycles. The molecule has 1 atom stereocenters. The number of nitrogens with zero attached hydrogens (tertiary/aromatic N) is 2. The number of amides is 2. The van der Waals surface area contributed by atoms with Gasteiger partial charge in [-0.2, -0.15) is 0 Å². The largest absolute Gasteiger partial charge is 0.337 e. The van der Waals surface area contributed by atoms with Gasteiger partial charge in [0.05, 0.1) is 0 Å². The van der Waals surface area contributed by atoms with Crippen LogP contribution >= 0.6 is 0 Å². The second-order valence-electron chi connectivity index (χ2n) is 7.04. The van der Waals surface area contributed by atoms with Gasteiger partial charge in [-0.05, 0) is 30.7 Å². The first kappa shape index (κ1) is 16.8. The smallest absolute Gasteiger partial charge is 0.253 e. The quantitative estimate of drug-likeness (QED) is 0.919. The van der Waals surface area contributed by atoms with E-state index in [-0.39, 0.29) is 11.8 Å². The van der Waals surface area contributed by atoms with Crippen LogP contribution in [0.2, 0.25) is 0 Å². The minimum Gasteiger partial charge on any atom is -0.337 e. The molecule has 2 amide bonds. The molecule has 0 aromatic heterocycles. The van der Waals surface area contributed by atoms with Crippen LogP contribution in [0.1, 0.15) is 27.1 Å². The molecule has 0 unspecified atom stereocenters. The Bertz CT molecular complexity index is 772. The molecular weight excluding hydrogens is 326 g/mol. The molecule has 2 aliphatic rings. The molecule has 2 saturated heterocycles. The van der Waals surface area contributed by atoms with Crippen molar-refractivity contribution in [3.63, 3.8) is 0 Å². The van der Waals surface area contributed by atoms with Gasteiger partial charge in [-0.1, -0.05) is 36.4 Å². The molecule has 26 heavy (non-hydrogen) atoms. The van der Waals surface area contributed by atoms with Crippen molar-refractivity contribution in [1.82, 2.24) is 15.1 Å². The first-order chi connectivity index (χ1) is 12.7. The highest BCUT2D eigenvalue weighted by Gasteiger charge is 2.35. The summed E-state index contributed by atoms with van der Waals surface area (Å²) < 4.78 is 0. The Morgan fingerprint density at radius 1 is 0.731 bits per heavy atom. The molecule has 134 valence electrons. The van der Waals surface area contributed by atoms with Gasteiger partial charge < -0.3 is 15.1 Å². The molecule has 0 radical (unpaired) electrons. The van der Waals surface area contributed by atoms with E-state index < -0.39 is 0 Å². The molecular formula is C21H23N3O2. The highest BCUT2D eigenvalue weighted by Crippen LogP contribution is 2.18. The molecule has 0 spiro atoms. The van der Waals surface area contributed by atoms with E-state index in [0.717, 1.165) is 43.7 Å². The predicted molar refractivity (Wildman–Crippen MR) is 100 cm³/mol. The number of hydrogen-bond donors (Lipinski definition) is 1. The molecule has 2 aromatic rings. The average Bonchev–Trinajstić information content (AvgIpc) is 3.13. The summed E-state index contributed by atoms with van der Waals surface area (Å²) in [5.74, 6) is 0.195. The van der Waals surface area contributed by atoms with Gasteiger partial charge in [0.1, 0.15) is 0 Å². The van der Waals surface area contributed by atoms with Crippen LogP contribution in [-0.2, 0) is 0 Å². The van der Waals surface area contributed by atoms with Gasteiger partial charge in [-0.3, -0.25) is 9.59 Å². The van der Waals surface area contributed by atoms with Gasteiger partial charge in [0, 0.05) is 49.4 Å². The molecule has 0 aliphatic carbocycles. The van der Waals surface area contributed by atoms with Gasteiger partial charge in [-0.25, -0.2) is 0 Å². The maximum Gasteiger partial charge on any atom is 0.253 e. The van der Waals surface area contributed by atoms with Crippen LogP contribution < -0.4 is 5.32 Å². The van der Waals surface area contributed by atoms with Crippen LogP contribution in [0.25, 0.3) is 0 Å². The zero-order valence-corrected chi connectivity index (χ0v) is 14.7. The molecule has 2 fully saturated rings. The van der Waals surface area contributed by atoms with Gasteiger partial charge in [0.25, 0.3) is 11.8 Å². The lowest BCUT2D eigenvalue weighted by Gasteiger charge is -2.41. The highest BCUT2D eigenvalue weighted by atomic mass is 16.2. The van der Waals surface area contributed by atoms with Crippen molar-refractivity contribution in [2.45, 2.75) is 18.5 Å². The van der Waals surface area contributed by atoms with Crippen molar-refractivity contribution < 1.29 is 9.59 Å². The zero-order valence-electron chi connectivity index (χ0n) is 14.7. The number of benzene rings is 2. The summed E-state index contributed by atoms with van der Waals surface area (Å²) in [5, 5.41) is 3.60. The van der Waals surface area contributed by atoms with Crippen LogP contribution in [0.3, 0.4) is 0 Å². The van der Waals surface area contributed by atoms with Gasteiger partial charge in [0.2, 0.25) is 0 Å². The van der Waals surface area contributed by atoms with E-state index in [2.05, 4.69) is 5.32 Å². The first-order valence-electron chi connectivity index (χ1n) is 9.15. The molecule has 1 N–H and O–H groups in total. The van der Waals surface area contributed by atoms with E-state index in [1.165, 1.54) is 0 Å². The van der Waals surface area contributed by atoms with Crippen LogP contribution in [0.15, 0.2) is 60.7 Å². The SMILES string of the molecule is O=C(c1ccccc1)N1CC(N[C@H]2CCN(C(=O)c3ccccc3)C2)C1. The Labute approximate surface area is 153 Å². The first-order valence-corrected chi connectivity index (χ1v) is 9.15. The summed E-state index contributed by atoms with van der Waals surface area (Å²) in [6, 6.07) is 19.5. The fourth-order valence-electron chi connectivity index (χ4n) is 3.69. The van der Waals surface area contributed by atoms with Crippen molar-refractivity contribution in [2.24, 2.45) is 0 Å². The Hall–Kier alpha value is -2.66. The van der Waals surface area contributed by atoms with Crippen molar-refractivity contribution in [3.05, 3.63) is 71.8 Å². The highest BCUT2D eigenvalue weighted by molar-refractivity contribution is 5.95. The number of likely N-dealkylation sites (tertiary alicyclic amines) is 2. The molecule has 2 aromatic carbocycles. The topological polar surface area (TPSA) is 52.7 Å². The van der Waals surface area contributed by atoms with E-state index in [1.54, 1.807) is 0 Å². The van der Waals surface area contributed by atoms with Gasteiger partial charge in [0.15, 0.2) is 0 Å². The Kier molecular flexibility index (Phi) is 4.71. The molecule has 5 heteroatoms. The third kappa shape index (κ3) is 3.48. The monoisotopic (exact) mass is 349 g/mol. The minimum atomic E-state index is 0.0935. The standard InChI is InChI=1S/C21H23N3O2/c25-20(16-7-3-1-4-8-16)23-12-11-18(13-23)22-19-14-24(15-19)21(26)17-9-5-2-6-10-17/h1-10,18-19,22H,11-15H2/t18-/m0/s1. The number of carbonyl (C=O) groups is 2. The molecule has 4 rings (SSSR count). The molecule has 0 bridgehead atoms. The maximum atomic E-state index is 12.5. The van der Waals surface area contributed by atoms with Crippen molar-refractivity contribution in [3.8, 4) is 0 Å². The number of nitrogens with one attached hydrogen (secondary N) is 1. The number of carbonyl (C=O) groups excluding carboxylic acids is 2. The van der Waals surface area contributed by atoms with Crippen LogP contribution in [0.5, 0.6) is 0 Å². The normalized spacial score (nSPS) is 20.1. The molecule has 2 aliphatic heterocycles. The van der Waals surface area contributed by atoms with E-state index in [0.29, 0.717) is 12.1 Å². The van der Waals surface area contributed by atoms with Gasteiger partial charge >= 0.3 is 0 Å². The lowest BCUT2D eigenvalue weighted by atomic mass is 10.0. The average molecular weight is 349 g/mol. The number of rotatable bonds is 4. The summed E-state index contributed by atoms with van der Waals surface area (Å²) in [4.78, 5) is 28.6. The predicted octanol–water partition coefficient (Wildman–Crippen LogP) is 2.02. The maximum absolute atomic E-state index is 12.5. The molecule has 0 saturated carbocycles. The third-order valence-corrected chi connectivity index (χ3v) is 5.16. The summed E-state index contributed by atoms with van der Waals surface area (Å²) in [6.45, 7) is 2.98. The van der Waals surface area contributed by atoms with Crippen molar-refractivity contribution in [1.29, 1.82) is 0 Å². The second-order valence-corrected chi connectivity index (χ2v) is 7.04. The summed E-state index contributed by atoms with van der Waals surface area (Å²) in [5.41, 5.74) is 1.49. The van der Waals surface area contributed by atoms with Crippen LogP contribution in [0, 0.1) is 0 Å². The van der Waals surface area contributed by atoms with E-state index in [1.807, 2.05) is 70.5 Å². The van der Waals surface area contributed by atoms with E-state index in [9.17, 15) is 9.59 Å².